The molecular weight excluding hydrogens is 321 g/mol. The number of carbonyl (C=O) groups excluding carboxylic acids is 2. The summed E-state index contributed by atoms with van der Waals surface area (Å²) >= 11 is 0. The minimum Gasteiger partial charge on any atom is -0.366 e. The minimum absolute atomic E-state index is 0.102. The minimum atomic E-state index is -0.222. The molecule has 2 aliphatic heterocycles. The van der Waals surface area contributed by atoms with Crippen molar-refractivity contribution in [2.45, 2.75) is 19.3 Å². The monoisotopic (exact) mass is 345 g/mol. The molecule has 0 bridgehead atoms. The molecule has 2 heterocycles. The van der Waals surface area contributed by atoms with Gasteiger partial charge in [0.25, 0.3) is 0 Å². The van der Waals surface area contributed by atoms with E-state index in [-0.39, 0.29) is 29.5 Å². The molecule has 6 heteroatoms. The number of rotatable bonds is 3. The van der Waals surface area contributed by atoms with Gasteiger partial charge in [-0.3, -0.25) is 9.59 Å². The third-order valence-corrected chi connectivity index (χ3v) is 5.63. The fourth-order valence-electron chi connectivity index (χ4n) is 4.02. The second-order valence-corrected chi connectivity index (χ2v) is 7.24. The molecule has 1 saturated carbocycles. The van der Waals surface area contributed by atoms with E-state index in [2.05, 4.69) is 0 Å². The van der Waals surface area contributed by atoms with Gasteiger partial charge in [0.1, 0.15) is 5.82 Å². The Hall–Kier alpha value is -2.11. The Morgan fingerprint density at radius 3 is 2.00 bits per heavy atom. The van der Waals surface area contributed by atoms with Crippen LogP contribution in [0.1, 0.15) is 19.3 Å². The Bertz CT molecular complexity index is 666. The molecule has 2 atom stereocenters. The molecule has 2 amide bonds. The van der Waals surface area contributed by atoms with Gasteiger partial charge in [-0.1, -0.05) is 12.1 Å². The fourth-order valence-corrected chi connectivity index (χ4v) is 4.02. The predicted octanol–water partition coefficient (Wildman–Crippen LogP) is 1.73. The first kappa shape index (κ1) is 16.4. The van der Waals surface area contributed by atoms with E-state index in [1.807, 2.05) is 20.8 Å². The summed E-state index contributed by atoms with van der Waals surface area (Å²) < 4.78 is 13.9. The number of para-hydroxylation sites is 1. The van der Waals surface area contributed by atoms with Gasteiger partial charge >= 0.3 is 0 Å². The molecule has 0 spiro atoms. The van der Waals surface area contributed by atoms with Gasteiger partial charge in [-0.15, -0.1) is 0 Å². The number of piperazine rings is 1. The third-order valence-electron chi connectivity index (χ3n) is 5.63. The first-order valence-corrected chi connectivity index (χ1v) is 9.22. The highest BCUT2D eigenvalue weighted by molar-refractivity contribution is 5.92. The lowest BCUT2D eigenvalue weighted by Crippen LogP contribution is -2.49. The van der Waals surface area contributed by atoms with Crippen molar-refractivity contribution in [3.05, 3.63) is 30.1 Å². The van der Waals surface area contributed by atoms with Crippen LogP contribution >= 0.6 is 0 Å². The van der Waals surface area contributed by atoms with Gasteiger partial charge in [-0.25, -0.2) is 4.39 Å². The lowest BCUT2D eigenvalue weighted by atomic mass is 10.2. The van der Waals surface area contributed by atoms with E-state index in [4.69, 9.17) is 0 Å². The molecule has 3 aliphatic rings. The van der Waals surface area contributed by atoms with E-state index in [0.717, 1.165) is 25.9 Å². The lowest BCUT2D eigenvalue weighted by Gasteiger charge is -2.36. The molecule has 0 radical (unpaired) electrons. The Kier molecular flexibility index (Phi) is 4.36. The lowest BCUT2D eigenvalue weighted by molar-refractivity contribution is -0.137. The molecule has 0 aromatic heterocycles. The van der Waals surface area contributed by atoms with Gasteiger partial charge in [0.05, 0.1) is 17.5 Å². The van der Waals surface area contributed by atoms with Crippen molar-refractivity contribution in [1.82, 2.24) is 9.80 Å². The van der Waals surface area contributed by atoms with Gasteiger partial charge in [-0.2, -0.15) is 0 Å². The molecule has 1 aromatic carbocycles. The maximum absolute atomic E-state index is 13.9. The number of benzene rings is 1. The molecule has 4 rings (SSSR count). The van der Waals surface area contributed by atoms with Crippen molar-refractivity contribution < 1.29 is 14.0 Å². The summed E-state index contributed by atoms with van der Waals surface area (Å²) in [5, 5.41) is 0. The summed E-state index contributed by atoms with van der Waals surface area (Å²) in [6, 6.07) is 6.75. The molecule has 3 fully saturated rings. The Labute approximate surface area is 147 Å². The van der Waals surface area contributed by atoms with Crippen molar-refractivity contribution in [3.8, 4) is 0 Å². The normalized spacial score (nSPS) is 26.0. The van der Waals surface area contributed by atoms with Gasteiger partial charge in [0.15, 0.2) is 0 Å². The molecule has 2 unspecified atom stereocenters. The highest BCUT2D eigenvalue weighted by atomic mass is 19.1. The third kappa shape index (κ3) is 3.22. The van der Waals surface area contributed by atoms with Gasteiger partial charge in [-0.05, 0) is 31.4 Å². The standard InChI is InChI=1S/C19H24FN3O2/c20-16-5-1-2-6-17(16)21-9-11-23(12-10-21)19(25)15-13-14(15)18(24)22-7-3-4-8-22/h1-2,5-6,14-15H,3-4,7-13H2. The van der Waals surface area contributed by atoms with Crippen LogP contribution in [0.4, 0.5) is 10.1 Å². The quantitative estimate of drug-likeness (QED) is 0.838. The first-order valence-electron chi connectivity index (χ1n) is 9.22. The molecular formula is C19H24FN3O2. The summed E-state index contributed by atoms with van der Waals surface area (Å²) in [6.45, 7) is 4.13. The number of likely N-dealkylation sites (tertiary alicyclic amines) is 1. The second kappa shape index (κ2) is 6.65. The van der Waals surface area contributed by atoms with E-state index in [1.165, 1.54) is 6.07 Å². The zero-order valence-electron chi connectivity index (χ0n) is 14.4. The maximum atomic E-state index is 13.9. The molecule has 0 N–H and O–H groups in total. The van der Waals surface area contributed by atoms with Crippen molar-refractivity contribution in [1.29, 1.82) is 0 Å². The number of hydrogen-bond donors (Lipinski definition) is 0. The second-order valence-electron chi connectivity index (χ2n) is 7.24. The van der Waals surface area contributed by atoms with Crippen molar-refractivity contribution >= 4 is 17.5 Å². The van der Waals surface area contributed by atoms with Crippen molar-refractivity contribution in [2.24, 2.45) is 11.8 Å². The smallest absolute Gasteiger partial charge is 0.226 e. The summed E-state index contributed by atoms with van der Waals surface area (Å²) in [5.41, 5.74) is 0.600. The summed E-state index contributed by atoms with van der Waals surface area (Å²) in [4.78, 5) is 30.8. The van der Waals surface area contributed by atoms with Gasteiger partial charge in [0.2, 0.25) is 11.8 Å². The summed E-state index contributed by atoms with van der Waals surface area (Å²) in [7, 11) is 0. The molecule has 5 nitrogen and oxygen atoms in total. The number of anilines is 1. The number of nitrogens with zero attached hydrogens (tertiary/aromatic N) is 3. The van der Waals surface area contributed by atoms with E-state index < -0.39 is 0 Å². The average molecular weight is 345 g/mol. The Morgan fingerprint density at radius 2 is 1.40 bits per heavy atom. The number of carbonyl (C=O) groups is 2. The number of amides is 2. The molecule has 2 saturated heterocycles. The first-order chi connectivity index (χ1) is 12.1. The van der Waals surface area contributed by atoms with E-state index >= 15 is 0 Å². The topological polar surface area (TPSA) is 43.9 Å². The SMILES string of the molecule is O=C(C1CC1C(=O)N1CCN(c2ccccc2F)CC1)N1CCCC1. The van der Waals surface area contributed by atoms with Gasteiger partial charge < -0.3 is 14.7 Å². The Balaban J connectivity index is 1.30. The van der Waals surface area contributed by atoms with Crippen LogP contribution in [0, 0.1) is 17.7 Å². The van der Waals surface area contributed by atoms with Crippen LogP contribution in [0.2, 0.25) is 0 Å². The van der Waals surface area contributed by atoms with Crippen LogP contribution in [0.3, 0.4) is 0 Å². The van der Waals surface area contributed by atoms with Crippen LogP contribution in [0.15, 0.2) is 24.3 Å². The van der Waals surface area contributed by atoms with Crippen molar-refractivity contribution in [3.63, 3.8) is 0 Å². The van der Waals surface area contributed by atoms with Crippen LogP contribution in [0.25, 0.3) is 0 Å². The highest BCUT2D eigenvalue weighted by Gasteiger charge is 2.51. The number of hydrogen-bond acceptors (Lipinski definition) is 3. The summed E-state index contributed by atoms with van der Waals surface area (Å²) in [5.74, 6) is -0.185. The van der Waals surface area contributed by atoms with Crippen LogP contribution < -0.4 is 4.90 Å². The van der Waals surface area contributed by atoms with Gasteiger partial charge in [0, 0.05) is 39.3 Å². The zero-order chi connectivity index (χ0) is 17.4. The molecule has 134 valence electrons. The molecule has 25 heavy (non-hydrogen) atoms. The van der Waals surface area contributed by atoms with Crippen LogP contribution in [0.5, 0.6) is 0 Å². The van der Waals surface area contributed by atoms with E-state index in [1.54, 1.807) is 12.1 Å². The predicted molar refractivity (Wildman–Crippen MR) is 92.6 cm³/mol. The van der Waals surface area contributed by atoms with Crippen LogP contribution in [-0.4, -0.2) is 60.9 Å². The van der Waals surface area contributed by atoms with Crippen molar-refractivity contribution in [2.75, 3.05) is 44.2 Å². The van der Waals surface area contributed by atoms with E-state index in [9.17, 15) is 14.0 Å². The van der Waals surface area contributed by atoms with Crippen LogP contribution in [-0.2, 0) is 9.59 Å². The number of halogens is 1. The largest absolute Gasteiger partial charge is 0.366 e. The summed E-state index contributed by atoms with van der Waals surface area (Å²) in [6.07, 6.45) is 2.85. The van der Waals surface area contributed by atoms with E-state index in [0.29, 0.717) is 38.3 Å². The zero-order valence-corrected chi connectivity index (χ0v) is 14.4. The molecule has 1 aromatic rings. The maximum Gasteiger partial charge on any atom is 0.226 e. The Morgan fingerprint density at radius 1 is 0.840 bits per heavy atom. The average Bonchev–Trinajstić information content (AvgIpc) is 3.25. The molecule has 1 aliphatic carbocycles. The fraction of sp³-hybridized carbons (Fsp3) is 0.579. The highest BCUT2D eigenvalue weighted by Crippen LogP contribution is 2.42.